The third-order valence-electron chi connectivity index (χ3n) is 4.44. The number of rotatable bonds is 4. The summed E-state index contributed by atoms with van der Waals surface area (Å²) in [5.74, 6) is -0.211. The van der Waals surface area contributed by atoms with Crippen molar-refractivity contribution < 1.29 is 5.11 Å². The van der Waals surface area contributed by atoms with Crippen molar-refractivity contribution in [2.24, 2.45) is 5.73 Å². The zero-order chi connectivity index (χ0) is 16.4. The molecule has 0 spiro atoms. The number of benzene rings is 3. The van der Waals surface area contributed by atoms with Crippen LogP contribution >= 0.6 is 22.6 Å². The summed E-state index contributed by atoms with van der Waals surface area (Å²) >= 11 is 2.21. The van der Waals surface area contributed by atoms with Gasteiger partial charge in [0.1, 0.15) is 0 Å². The Morgan fingerprint density at radius 3 is 2.22 bits per heavy atom. The molecule has 0 heterocycles. The largest absolute Gasteiger partial charge is 0.385 e. The van der Waals surface area contributed by atoms with E-state index in [0.717, 1.165) is 21.9 Å². The molecule has 3 unspecified atom stereocenters. The highest BCUT2D eigenvalue weighted by Crippen LogP contribution is 2.42. The minimum absolute atomic E-state index is 0.211. The van der Waals surface area contributed by atoms with Crippen LogP contribution in [0, 0.1) is 0 Å². The Bertz CT molecular complexity index is 794. The van der Waals surface area contributed by atoms with Gasteiger partial charge in [-0.3, -0.25) is 0 Å². The van der Waals surface area contributed by atoms with Crippen LogP contribution < -0.4 is 5.73 Å². The zero-order valence-electron chi connectivity index (χ0n) is 13.0. The standard InChI is InChI=1S/C20H20INO/c1-20(23,15-10-3-2-4-11-15)18(19(21)22)17-13-7-9-14-8-5-6-12-16(14)17/h2-13,18-19,23H,22H2,1H3. The normalized spacial score (nSPS) is 16.7. The summed E-state index contributed by atoms with van der Waals surface area (Å²) in [6, 6.07) is 24.2. The second-order valence-corrected chi connectivity index (χ2v) is 7.44. The first-order valence-corrected chi connectivity index (χ1v) is 8.91. The van der Waals surface area contributed by atoms with E-state index in [0.29, 0.717) is 0 Å². The number of hydrogen-bond donors (Lipinski definition) is 2. The molecule has 0 aliphatic rings. The first-order valence-electron chi connectivity index (χ1n) is 7.67. The quantitative estimate of drug-likeness (QED) is 0.372. The molecule has 2 nitrogen and oxygen atoms in total. The maximum absolute atomic E-state index is 11.3. The Morgan fingerprint density at radius 2 is 1.52 bits per heavy atom. The van der Waals surface area contributed by atoms with E-state index >= 15 is 0 Å². The molecule has 0 bridgehead atoms. The molecule has 3 aromatic carbocycles. The van der Waals surface area contributed by atoms with E-state index in [1.54, 1.807) is 0 Å². The molecule has 3 atom stereocenters. The number of fused-ring (bicyclic) bond motifs is 1. The van der Waals surface area contributed by atoms with Crippen molar-refractivity contribution in [2.45, 2.75) is 22.5 Å². The molecule has 0 radical (unpaired) electrons. The minimum Gasteiger partial charge on any atom is -0.385 e. The van der Waals surface area contributed by atoms with E-state index < -0.39 is 5.60 Å². The van der Waals surface area contributed by atoms with Gasteiger partial charge in [-0.1, -0.05) is 95.4 Å². The van der Waals surface area contributed by atoms with Gasteiger partial charge < -0.3 is 10.8 Å². The molecule has 3 aromatic rings. The summed E-state index contributed by atoms with van der Waals surface area (Å²) in [6.45, 7) is 1.85. The van der Waals surface area contributed by atoms with E-state index in [1.165, 1.54) is 0 Å². The first-order chi connectivity index (χ1) is 11.0. The van der Waals surface area contributed by atoms with E-state index in [-0.39, 0.29) is 9.97 Å². The van der Waals surface area contributed by atoms with E-state index in [4.69, 9.17) is 5.73 Å². The van der Waals surface area contributed by atoms with Crippen LogP contribution in [-0.4, -0.2) is 9.16 Å². The topological polar surface area (TPSA) is 46.2 Å². The Kier molecular flexibility index (Phi) is 4.71. The lowest BCUT2D eigenvalue weighted by Crippen LogP contribution is -2.39. The maximum atomic E-state index is 11.3. The molecular formula is C20H20INO. The van der Waals surface area contributed by atoms with Gasteiger partial charge in [0.15, 0.2) is 0 Å². The fourth-order valence-corrected chi connectivity index (χ4v) is 4.35. The Hall–Kier alpha value is -1.43. The maximum Gasteiger partial charge on any atom is 0.0959 e. The van der Waals surface area contributed by atoms with Crippen molar-refractivity contribution in [1.82, 2.24) is 0 Å². The summed E-state index contributed by atoms with van der Waals surface area (Å²) < 4.78 is -0.214. The predicted octanol–water partition coefficient (Wildman–Crippen LogP) is 4.55. The molecular weight excluding hydrogens is 397 g/mol. The van der Waals surface area contributed by atoms with Crippen LogP contribution in [0.2, 0.25) is 0 Å². The van der Waals surface area contributed by atoms with Crippen molar-refractivity contribution in [2.75, 3.05) is 0 Å². The molecule has 0 fully saturated rings. The zero-order valence-corrected chi connectivity index (χ0v) is 15.1. The van der Waals surface area contributed by atoms with Crippen LogP contribution in [0.25, 0.3) is 10.8 Å². The Labute approximate surface area is 150 Å². The lowest BCUT2D eigenvalue weighted by atomic mass is 9.77. The smallest absolute Gasteiger partial charge is 0.0959 e. The van der Waals surface area contributed by atoms with Gasteiger partial charge in [-0.2, -0.15) is 0 Å². The van der Waals surface area contributed by atoms with E-state index in [2.05, 4.69) is 46.9 Å². The highest BCUT2D eigenvalue weighted by atomic mass is 127. The van der Waals surface area contributed by atoms with Crippen LogP contribution in [0.1, 0.15) is 24.0 Å². The van der Waals surface area contributed by atoms with Crippen LogP contribution in [0.3, 0.4) is 0 Å². The van der Waals surface area contributed by atoms with Gasteiger partial charge in [0, 0.05) is 5.92 Å². The number of halogens is 1. The number of hydrogen-bond acceptors (Lipinski definition) is 2. The fourth-order valence-electron chi connectivity index (χ4n) is 3.26. The van der Waals surface area contributed by atoms with Gasteiger partial charge in [-0.15, -0.1) is 0 Å². The minimum atomic E-state index is -1.05. The van der Waals surface area contributed by atoms with E-state index in [9.17, 15) is 5.11 Å². The molecule has 3 N–H and O–H groups in total. The van der Waals surface area contributed by atoms with Crippen molar-refractivity contribution in [3.8, 4) is 0 Å². The summed E-state index contributed by atoms with van der Waals surface area (Å²) in [6.07, 6.45) is 0. The van der Waals surface area contributed by atoms with Gasteiger partial charge in [-0.05, 0) is 28.8 Å². The van der Waals surface area contributed by atoms with Crippen LogP contribution in [-0.2, 0) is 5.60 Å². The SMILES string of the molecule is CC(O)(c1ccccc1)C(c1cccc2ccccc12)C(N)I. The average Bonchev–Trinajstić information content (AvgIpc) is 2.55. The number of alkyl halides is 1. The van der Waals surface area contributed by atoms with E-state index in [1.807, 2.05) is 55.5 Å². The molecule has 3 rings (SSSR count). The second-order valence-electron chi connectivity index (χ2n) is 6.00. The molecule has 0 aliphatic carbocycles. The Balaban J connectivity index is 2.19. The molecule has 118 valence electrons. The molecule has 0 saturated carbocycles. The number of nitrogens with two attached hydrogens (primary N) is 1. The van der Waals surface area contributed by atoms with Gasteiger partial charge in [0.05, 0.1) is 9.65 Å². The van der Waals surface area contributed by atoms with Gasteiger partial charge in [0.2, 0.25) is 0 Å². The highest BCUT2D eigenvalue weighted by Gasteiger charge is 2.38. The molecule has 0 amide bonds. The molecule has 3 heteroatoms. The van der Waals surface area contributed by atoms with Crippen molar-refractivity contribution in [1.29, 1.82) is 0 Å². The van der Waals surface area contributed by atoms with Crippen molar-refractivity contribution in [3.63, 3.8) is 0 Å². The lowest BCUT2D eigenvalue weighted by molar-refractivity contribution is 0.0278. The second kappa shape index (κ2) is 6.59. The molecule has 0 aliphatic heterocycles. The van der Waals surface area contributed by atoms with Crippen molar-refractivity contribution >= 4 is 33.4 Å². The van der Waals surface area contributed by atoms with Crippen molar-refractivity contribution in [3.05, 3.63) is 83.9 Å². The van der Waals surface area contributed by atoms with Crippen LogP contribution in [0.4, 0.5) is 0 Å². The summed E-state index contributed by atoms with van der Waals surface area (Å²) in [4.78, 5) is 0. The highest BCUT2D eigenvalue weighted by molar-refractivity contribution is 14.1. The van der Waals surface area contributed by atoms with Crippen LogP contribution in [0.15, 0.2) is 72.8 Å². The molecule has 23 heavy (non-hydrogen) atoms. The van der Waals surface area contributed by atoms with Gasteiger partial charge >= 0.3 is 0 Å². The third kappa shape index (κ3) is 3.13. The fraction of sp³-hybridized carbons (Fsp3) is 0.200. The van der Waals surface area contributed by atoms with Gasteiger partial charge in [0.25, 0.3) is 0 Å². The summed E-state index contributed by atoms with van der Waals surface area (Å²) in [7, 11) is 0. The first kappa shape index (κ1) is 16.4. The Morgan fingerprint density at radius 1 is 0.913 bits per heavy atom. The average molecular weight is 417 g/mol. The third-order valence-corrected chi connectivity index (χ3v) is 5.16. The van der Waals surface area contributed by atoms with Crippen LogP contribution in [0.5, 0.6) is 0 Å². The molecule has 0 saturated heterocycles. The summed E-state index contributed by atoms with van der Waals surface area (Å²) in [5.41, 5.74) is 7.22. The predicted molar refractivity (Wildman–Crippen MR) is 105 cm³/mol. The monoisotopic (exact) mass is 417 g/mol. The summed E-state index contributed by atoms with van der Waals surface area (Å²) in [5, 5.41) is 13.6. The molecule has 0 aromatic heterocycles. The van der Waals surface area contributed by atoms with Gasteiger partial charge in [-0.25, -0.2) is 0 Å². The number of aliphatic hydroxyl groups is 1. The lowest BCUT2D eigenvalue weighted by Gasteiger charge is -2.36.